The number of esters is 2. The number of β-lactam (4-membered cyclic amide) rings is 1. The van der Waals surface area contributed by atoms with Crippen molar-refractivity contribution in [3.63, 3.8) is 0 Å². The fraction of sp³-hybridized carbons (Fsp3) is 0.265. The first kappa shape index (κ1) is 37.1. The minimum Gasteiger partial charge on any atom is -0.460 e. The Morgan fingerprint density at radius 3 is 2.07 bits per heavy atom. The van der Waals surface area contributed by atoms with Crippen molar-refractivity contribution < 1.29 is 48.1 Å². The Kier molecular flexibility index (Phi) is 10.6. The Morgan fingerprint density at radius 2 is 1.50 bits per heavy atom. The Balaban J connectivity index is 1.20. The smallest absolute Gasteiger partial charge is 0.345 e. The van der Waals surface area contributed by atoms with Crippen molar-refractivity contribution in [1.82, 2.24) is 20.1 Å². The van der Waals surface area contributed by atoms with Crippen molar-refractivity contribution in [3.8, 4) is 0 Å². The van der Waals surface area contributed by atoms with E-state index in [0.717, 1.165) is 23.0 Å². The number of nitrogens with zero attached hydrogens (tertiary/aromatic N) is 6. The molecular weight excluding hydrogens is 730 g/mol. The molecule has 3 saturated heterocycles. The number of nitro benzene ring substituents is 2. The van der Waals surface area contributed by atoms with Gasteiger partial charge in [0.2, 0.25) is 16.7 Å². The molecule has 0 bridgehead atoms. The van der Waals surface area contributed by atoms with Crippen molar-refractivity contribution in [3.05, 3.63) is 116 Å². The van der Waals surface area contributed by atoms with E-state index in [9.17, 15) is 49.0 Å². The zero-order valence-corrected chi connectivity index (χ0v) is 28.7. The van der Waals surface area contributed by atoms with Gasteiger partial charge in [0.15, 0.2) is 12.2 Å². The van der Waals surface area contributed by atoms with E-state index in [1.807, 2.05) is 0 Å². The third-order valence-electron chi connectivity index (χ3n) is 8.82. The molecule has 1 N–H and O–H groups in total. The van der Waals surface area contributed by atoms with Crippen LogP contribution in [0.1, 0.15) is 22.6 Å². The maximum Gasteiger partial charge on any atom is 0.345 e. The van der Waals surface area contributed by atoms with Crippen molar-refractivity contribution in [2.45, 2.75) is 35.4 Å². The lowest BCUT2D eigenvalue weighted by Crippen LogP contribution is -2.68. The lowest BCUT2D eigenvalue weighted by molar-refractivity contribution is -0.385. The second-order valence-electron chi connectivity index (χ2n) is 12.1. The van der Waals surface area contributed by atoms with Crippen LogP contribution in [0.15, 0.2) is 84.0 Å². The quantitative estimate of drug-likeness (QED) is 0.0472. The molecule has 19 nitrogen and oxygen atoms in total. The number of carbonyl (C=O) groups is 6. The SMILES string of the molecule is O=C/C=N/N1CCN([C@]2(C(=O)OCc3ccc([N+](=O)[O-])cc3)CN3C(=O)[C@@H](NC(=O)C(C(=O)OCc4ccc([N+](=O)[O-])cc4)c4ccccc4)[C@H]3S2)C1=O. The zero-order chi connectivity index (χ0) is 38.6. The molecule has 278 valence electrons. The first-order valence-electron chi connectivity index (χ1n) is 16.1. The van der Waals surface area contributed by atoms with Crippen molar-refractivity contribution >= 4 is 65.4 Å². The lowest BCUT2D eigenvalue weighted by atomic mass is 9.96. The molecule has 0 spiro atoms. The summed E-state index contributed by atoms with van der Waals surface area (Å²) in [5.74, 6) is -4.87. The average molecular weight is 760 g/mol. The second kappa shape index (κ2) is 15.5. The van der Waals surface area contributed by atoms with Crippen LogP contribution in [-0.4, -0.2) is 103 Å². The fourth-order valence-corrected chi connectivity index (χ4v) is 7.77. The first-order valence-corrected chi connectivity index (χ1v) is 17.0. The number of non-ortho nitro benzene ring substituents is 2. The molecule has 0 aromatic heterocycles. The number of ether oxygens (including phenoxy) is 2. The van der Waals surface area contributed by atoms with E-state index < -0.39 is 61.8 Å². The van der Waals surface area contributed by atoms with Gasteiger partial charge in [0.25, 0.3) is 11.4 Å². The summed E-state index contributed by atoms with van der Waals surface area (Å²) >= 11 is 0.884. The molecule has 4 amide bonds. The lowest BCUT2D eigenvalue weighted by Gasteiger charge is -2.41. The number of carbonyl (C=O) groups excluding carboxylic acids is 6. The minimum absolute atomic E-state index is 0.000630. The molecule has 1 unspecified atom stereocenters. The zero-order valence-electron chi connectivity index (χ0n) is 27.9. The van der Waals surface area contributed by atoms with Crippen LogP contribution in [0.4, 0.5) is 16.2 Å². The van der Waals surface area contributed by atoms with Crippen LogP contribution in [-0.2, 0) is 46.7 Å². The molecule has 20 heteroatoms. The topological polar surface area (TPSA) is 241 Å². The molecule has 3 aromatic rings. The Labute approximate surface area is 309 Å². The van der Waals surface area contributed by atoms with E-state index in [2.05, 4.69) is 10.4 Å². The van der Waals surface area contributed by atoms with Crippen LogP contribution in [0.25, 0.3) is 0 Å². The van der Waals surface area contributed by atoms with Crippen molar-refractivity contribution in [2.75, 3.05) is 19.6 Å². The van der Waals surface area contributed by atoms with Gasteiger partial charge >= 0.3 is 18.0 Å². The standard InChI is InChI=1S/C34H29N7O12S/c42-17-14-35-39-16-15-38(33(39)47)34(32(46)53-19-22-8-12-25(13-9-22)41(50)51)20-37-29(44)27(30(37)54-34)36-28(43)26(23-4-2-1-3-5-23)31(45)52-18-21-6-10-24(11-7-21)40(48)49/h1-14,17,26-27,30H,15-16,18-20H2,(H,36,43)/b35-14+/t26?,27-,30-,34-/m1/s1. The number of thioether (sulfide) groups is 1. The third kappa shape index (κ3) is 7.31. The molecule has 4 atom stereocenters. The van der Waals surface area contributed by atoms with E-state index in [1.54, 1.807) is 18.2 Å². The predicted molar refractivity (Wildman–Crippen MR) is 186 cm³/mol. The molecular formula is C34H29N7O12S. The van der Waals surface area contributed by atoms with Crippen molar-refractivity contribution in [2.24, 2.45) is 5.10 Å². The maximum atomic E-state index is 14.0. The Bertz CT molecular complexity index is 2030. The molecule has 6 rings (SSSR count). The molecule has 54 heavy (non-hydrogen) atoms. The summed E-state index contributed by atoms with van der Waals surface area (Å²) in [6.07, 6.45) is 1.24. The summed E-state index contributed by atoms with van der Waals surface area (Å²) in [6, 6.07) is 16.5. The summed E-state index contributed by atoms with van der Waals surface area (Å²) in [5, 5.41) is 28.5. The van der Waals surface area contributed by atoms with Gasteiger partial charge in [-0.25, -0.2) is 14.6 Å². The minimum atomic E-state index is -1.83. The van der Waals surface area contributed by atoms with Crippen LogP contribution >= 0.6 is 11.8 Å². The van der Waals surface area contributed by atoms with Gasteiger partial charge in [0.1, 0.15) is 24.6 Å². The number of nitro groups is 2. The maximum absolute atomic E-state index is 14.0. The van der Waals surface area contributed by atoms with Gasteiger partial charge in [0, 0.05) is 30.8 Å². The number of rotatable bonds is 14. The average Bonchev–Trinajstić information content (AvgIpc) is 3.73. The van der Waals surface area contributed by atoms with Crippen LogP contribution in [0, 0.1) is 20.2 Å². The van der Waals surface area contributed by atoms with E-state index in [4.69, 9.17) is 9.47 Å². The van der Waals surface area contributed by atoms with E-state index in [-0.39, 0.29) is 49.8 Å². The normalized spacial score (nSPS) is 20.9. The number of amides is 4. The summed E-state index contributed by atoms with van der Waals surface area (Å²) in [4.78, 5) is 101. The number of urea groups is 1. The van der Waals surface area contributed by atoms with Crippen LogP contribution in [0.3, 0.4) is 0 Å². The number of aldehydes is 1. The van der Waals surface area contributed by atoms with Gasteiger partial charge in [-0.2, -0.15) is 5.10 Å². The van der Waals surface area contributed by atoms with E-state index in [0.29, 0.717) is 17.4 Å². The largest absolute Gasteiger partial charge is 0.460 e. The summed E-state index contributed by atoms with van der Waals surface area (Å²) < 4.78 is 11.1. The van der Waals surface area contributed by atoms with Gasteiger partial charge < -0.3 is 19.7 Å². The van der Waals surface area contributed by atoms with Crippen LogP contribution < -0.4 is 5.32 Å². The number of benzene rings is 3. The number of hydrogen-bond acceptors (Lipinski definition) is 14. The molecule has 3 aromatic carbocycles. The van der Waals surface area contributed by atoms with Crippen molar-refractivity contribution in [1.29, 1.82) is 0 Å². The monoisotopic (exact) mass is 759 g/mol. The van der Waals surface area contributed by atoms with E-state index >= 15 is 0 Å². The third-order valence-corrected chi connectivity index (χ3v) is 10.5. The molecule has 3 aliphatic rings. The summed E-state index contributed by atoms with van der Waals surface area (Å²) in [5.41, 5.74) is 0.769. The van der Waals surface area contributed by atoms with Gasteiger partial charge in [-0.15, -0.1) is 0 Å². The molecule has 0 saturated carbocycles. The highest BCUT2D eigenvalue weighted by molar-refractivity contribution is 8.02. The number of hydrogen-bond donors (Lipinski definition) is 1. The molecule has 0 radical (unpaired) electrons. The predicted octanol–water partition coefficient (Wildman–Crippen LogP) is 2.09. The molecule has 0 aliphatic carbocycles. The van der Waals surface area contributed by atoms with Gasteiger partial charge in [-0.05, 0) is 41.0 Å². The Morgan fingerprint density at radius 1 is 0.907 bits per heavy atom. The summed E-state index contributed by atoms with van der Waals surface area (Å²) in [6.45, 7) is -1.00. The number of hydrazone groups is 1. The molecule has 3 fully saturated rings. The summed E-state index contributed by atoms with van der Waals surface area (Å²) in [7, 11) is 0. The number of nitrogens with one attached hydrogen (secondary N) is 1. The van der Waals surface area contributed by atoms with Crippen LogP contribution in [0.2, 0.25) is 0 Å². The highest BCUT2D eigenvalue weighted by Gasteiger charge is 2.67. The van der Waals surface area contributed by atoms with Gasteiger partial charge in [-0.3, -0.25) is 44.3 Å². The molecule has 3 aliphatic heterocycles. The highest BCUT2D eigenvalue weighted by atomic mass is 32.2. The Hall–Kier alpha value is -6.70. The van der Waals surface area contributed by atoms with Gasteiger partial charge in [0.05, 0.1) is 29.2 Å². The fourth-order valence-electron chi connectivity index (χ4n) is 6.08. The second-order valence-corrected chi connectivity index (χ2v) is 13.5. The number of fused-ring (bicyclic) bond motifs is 1. The highest BCUT2D eigenvalue weighted by Crippen LogP contribution is 2.50. The first-order chi connectivity index (χ1) is 25.9. The molecule has 3 heterocycles. The van der Waals surface area contributed by atoms with Gasteiger partial charge in [-0.1, -0.05) is 42.1 Å². The van der Waals surface area contributed by atoms with E-state index in [1.165, 1.54) is 70.5 Å². The van der Waals surface area contributed by atoms with Crippen LogP contribution in [0.5, 0.6) is 0 Å².